The molecule has 11 nitrogen and oxygen atoms in total. The summed E-state index contributed by atoms with van der Waals surface area (Å²) in [6, 6.07) is 5.35. The first-order valence-corrected chi connectivity index (χ1v) is 8.24. The van der Waals surface area contributed by atoms with E-state index in [0.29, 0.717) is 5.69 Å². The van der Waals surface area contributed by atoms with Crippen LogP contribution in [0.5, 0.6) is 0 Å². The summed E-state index contributed by atoms with van der Waals surface area (Å²) >= 11 is 5.90. The van der Waals surface area contributed by atoms with Crippen LogP contribution >= 0.6 is 11.6 Å². The minimum absolute atomic E-state index is 0.0260. The highest BCUT2D eigenvalue weighted by Crippen LogP contribution is 2.26. The molecule has 0 radical (unpaired) electrons. The zero-order valence-corrected chi connectivity index (χ0v) is 15.4. The van der Waals surface area contributed by atoms with Gasteiger partial charge >= 0.3 is 5.97 Å². The lowest BCUT2D eigenvalue weighted by Crippen LogP contribution is -2.21. The molecule has 3 aromatic rings. The van der Waals surface area contributed by atoms with Crippen molar-refractivity contribution in [2.75, 3.05) is 11.9 Å². The lowest BCUT2D eigenvalue weighted by atomic mass is 10.3. The van der Waals surface area contributed by atoms with E-state index >= 15 is 0 Å². The lowest BCUT2D eigenvalue weighted by Gasteiger charge is -2.07. The van der Waals surface area contributed by atoms with E-state index in [1.165, 1.54) is 16.6 Å². The molecule has 1 aromatic carbocycles. The highest BCUT2D eigenvalue weighted by molar-refractivity contribution is 6.33. The molecular formula is C16H13ClN6O5. The molecule has 0 spiro atoms. The monoisotopic (exact) mass is 404 g/mol. The van der Waals surface area contributed by atoms with E-state index in [4.69, 9.17) is 16.3 Å². The van der Waals surface area contributed by atoms with Crippen molar-refractivity contribution in [2.24, 2.45) is 0 Å². The van der Waals surface area contributed by atoms with Crippen molar-refractivity contribution in [1.29, 1.82) is 0 Å². The number of rotatable bonds is 5. The van der Waals surface area contributed by atoms with Crippen LogP contribution in [0.25, 0.3) is 5.78 Å². The van der Waals surface area contributed by atoms with Gasteiger partial charge in [0, 0.05) is 23.5 Å². The Kier molecular flexibility index (Phi) is 5.18. The molecule has 12 heteroatoms. The van der Waals surface area contributed by atoms with Crippen LogP contribution in [0.4, 0.5) is 11.4 Å². The Morgan fingerprint density at radius 2 is 2.04 bits per heavy atom. The number of aromatic nitrogens is 4. The van der Waals surface area contributed by atoms with Crippen molar-refractivity contribution in [2.45, 2.75) is 13.8 Å². The molecule has 0 aliphatic carbocycles. The zero-order chi connectivity index (χ0) is 20.4. The third-order valence-corrected chi connectivity index (χ3v) is 3.90. The van der Waals surface area contributed by atoms with Gasteiger partial charge in [-0.3, -0.25) is 14.9 Å². The number of ether oxygens (including phenoxy) is 1. The van der Waals surface area contributed by atoms with Crippen LogP contribution in [-0.4, -0.2) is 43.0 Å². The Morgan fingerprint density at radius 3 is 2.75 bits per heavy atom. The van der Waals surface area contributed by atoms with Gasteiger partial charge in [0.15, 0.2) is 6.61 Å². The number of carbonyl (C=O) groups is 2. The second kappa shape index (κ2) is 7.56. The van der Waals surface area contributed by atoms with E-state index < -0.39 is 23.4 Å². The predicted octanol–water partition coefficient (Wildman–Crippen LogP) is 2.10. The number of hydrogen-bond donors (Lipinski definition) is 1. The predicted molar refractivity (Wildman–Crippen MR) is 97.3 cm³/mol. The van der Waals surface area contributed by atoms with Crippen LogP contribution in [0.2, 0.25) is 5.02 Å². The number of amides is 1. The fourth-order valence-electron chi connectivity index (χ4n) is 2.36. The number of nitrogens with one attached hydrogen (secondary N) is 1. The molecule has 28 heavy (non-hydrogen) atoms. The van der Waals surface area contributed by atoms with Crippen LogP contribution in [0.1, 0.15) is 22.0 Å². The van der Waals surface area contributed by atoms with Crippen LogP contribution < -0.4 is 5.32 Å². The molecule has 0 saturated carbocycles. The summed E-state index contributed by atoms with van der Waals surface area (Å²) in [4.78, 5) is 42.4. The molecule has 144 valence electrons. The molecule has 0 atom stereocenters. The van der Waals surface area contributed by atoms with E-state index in [-0.39, 0.29) is 28.0 Å². The van der Waals surface area contributed by atoms with Crippen LogP contribution in [0.3, 0.4) is 0 Å². The third kappa shape index (κ3) is 4.04. The Labute approximate surface area is 162 Å². The maximum absolute atomic E-state index is 12.1. The van der Waals surface area contributed by atoms with Crippen molar-refractivity contribution in [3.8, 4) is 0 Å². The van der Waals surface area contributed by atoms with E-state index in [0.717, 1.165) is 11.8 Å². The number of aryl methyl sites for hydroxylation is 2. The number of non-ortho nitro benzene ring substituents is 1. The quantitative estimate of drug-likeness (QED) is 0.387. The maximum atomic E-state index is 12.1. The van der Waals surface area contributed by atoms with E-state index in [2.05, 4.69) is 20.4 Å². The Hall–Kier alpha value is -3.60. The summed E-state index contributed by atoms with van der Waals surface area (Å²) in [6.45, 7) is 2.91. The topological polar surface area (TPSA) is 142 Å². The lowest BCUT2D eigenvalue weighted by molar-refractivity contribution is -0.384. The van der Waals surface area contributed by atoms with Crippen LogP contribution in [0, 0.1) is 24.0 Å². The first-order valence-electron chi connectivity index (χ1n) is 7.86. The fourth-order valence-corrected chi connectivity index (χ4v) is 2.52. The first-order chi connectivity index (χ1) is 13.2. The van der Waals surface area contributed by atoms with Crippen molar-refractivity contribution in [3.63, 3.8) is 0 Å². The van der Waals surface area contributed by atoms with Gasteiger partial charge in [-0.1, -0.05) is 11.6 Å². The zero-order valence-electron chi connectivity index (χ0n) is 14.7. The summed E-state index contributed by atoms with van der Waals surface area (Å²) in [6.07, 6.45) is 0. The van der Waals surface area contributed by atoms with E-state index in [1.807, 2.05) is 0 Å². The summed E-state index contributed by atoms with van der Waals surface area (Å²) in [5.74, 6) is -1.66. The second-order valence-electron chi connectivity index (χ2n) is 5.73. The number of carbonyl (C=O) groups excluding carboxylic acids is 2. The summed E-state index contributed by atoms with van der Waals surface area (Å²) in [5.41, 5.74) is 1.22. The number of fused-ring (bicyclic) bond motifs is 1. The second-order valence-corrected chi connectivity index (χ2v) is 6.14. The summed E-state index contributed by atoms with van der Waals surface area (Å²) in [7, 11) is 0. The van der Waals surface area contributed by atoms with Crippen molar-refractivity contribution >= 4 is 40.6 Å². The summed E-state index contributed by atoms with van der Waals surface area (Å²) in [5, 5.41) is 17.2. The van der Waals surface area contributed by atoms with Gasteiger partial charge in [-0.15, -0.1) is 5.10 Å². The molecule has 2 aromatic heterocycles. The van der Waals surface area contributed by atoms with Crippen molar-refractivity contribution in [1.82, 2.24) is 19.6 Å². The van der Waals surface area contributed by atoms with Gasteiger partial charge in [-0.05, 0) is 26.0 Å². The van der Waals surface area contributed by atoms with Crippen molar-refractivity contribution in [3.05, 3.63) is 56.6 Å². The molecule has 2 heterocycles. The van der Waals surface area contributed by atoms with E-state index in [9.17, 15) is 19.7 Å². The highest BCUT2D eigenvalue weighted by atomic mass is 35.5. The molecular weight excluding hydrogens is 392 g/mol. The molecule has 0 bridgehead atoms. The number of halogens is 1. The average molecular weight is 405 g/mol. The fraction of sp³-hybridized carbons (Fsp3) is 0.188. The smallest absolute Gasteiger partial charge is 0.378 e. The number of nitrogens with zero attached hydrogens (tertiary/aromatic N) is 5. The summed E-state index contributed by atoms with van der Waals surface area (Å²) < 4.78 is 6.27. The molecule has 0 unspecified atom stereocenters. The number of anilines is 1. The first kappa shape index (κ1) is 19.2. The maximum Gasteiger partial charge on any atom is 0.378 e. The third-order valence-electron chi connectivity index (χ3n) is 3.57. The largest absolute Gasteiger partial charge is 0.450 e. The SMILES string of the molecule is Cc1cc(C)n2nc(C(=O)OCC(=O)Nc3cc([N+](=O)[O-])ccc3Cl)nc2n1. The normalized spacial score (nSPS) is 10.7. The van der Waals surface area contributed by atoms with Crippen LogP contribution in [0.15, 0.2) is 24.3 Å². The molecule has 1 N–H and O–H groups in total. The van der Waals surface area contributed by atoms with Gasteiger partial charge in [0.2, 0.25) is 0 Å². The number of nitro groups is 1. The molecule has 0 aliphatic heterocycles. The van der Waals surface area contributed by atoms with Crippen molar-refractivity contribution < 1.29 is 19.2 Å². The Balaban J connectivity index is 1.66. The molecule has 0 aliphatic rings. The minimum Gasteiger partial charge on any atom is -0.450 e. The average Bonchev–Trinajstić information content (AvgIpc) is 3.05. The molecule has 0 saturated heterocycles. The highest BCUT2D eigenvalue weighted by Gasteiger charge is 2.18. The minimum atomic E-state index is -0.914. The Bertz CT molecular complexity index is 1110. The molecule has 1 amide bonds. The van der Waals surface area contributed by atoms with E-state index in [1.54, 1.807) is 19.9 Å². The van der Waals surface area contributed by atoms with Gasteiger partial charge < -0.3 is 10.1 Å². The molecule has 3 rings (SSSR count). The van der Waals surface area contributed by atoms with Crippen LogP contribution in [-0.2, 0) is 9.53 Å². The van der Waals surface area contributed by atoms with Gasteiger partial charge in [0.05, 0.1) is 15.6 Å². The number of esters is 1. The number of benzene rings is 1. The van der Waals surface area contributed by atoms with Gasteiger partial charge in [0.25, 0.3) is 23.2 Å². The van der Waals surface area contributed by atoms with Gasteiger partial charge in [0.1, 0.15) is 0 Å². The Morgan fingerprint density at radius 1 is 1.29 bits per heavy atom. The standard InChI is InChI=1S/C16H13ClN6O5/c1-8-5-9(2)22-16(18-8)20-14(21-22)15(25)28-7-13(24)19-12-6-10(23(26)27)3-4-11(12)17/h3-6H,7H2,1-2H3,(H,19,24). The van der Waals surface area contributed by atoms with Gasteiger partial charge in [-0.25, -0.2) is 14.3 Å². The number of hydrogen-bond acceptors (Lipinski definition) is 8. The molecule has 0 fully saturated rings. The van der Waals surface area contributed by atoms with Gasteiger partial charge in [-0.2, -0.15) is 4.98 Å². The number of nitro benzene ring substituents is 1.